The molecule has 16 heavy (non-hydrogen) atoms. The predicted octanol–water partition coefficient (Wildman–Crippen LogP) is 1.41. The second-order valence-electron chi connectivity index (χ2n) is 4.83. The Hall–Kier alpha value is -1.16. The fourth-order valence-corrected chi connectivity index (χ4v) is 2.92. The number of fused-ring (bicyclic) bond motifs is 2. The van der Waals surface area contributed by atoms with Crippen LogP contribution in [0.25, 0.3) is 0 Å². The molecule has 1 saturated carbocycles. The molecule has 0 saturated heterocycles. The van der Waals surface area contributed by atoms with Gasteiger partial charge in [0.1, 0.15) is 0 Å². The Labute approximate surface area is 95.1 Å². The average molecular weight is 219 g/mol. The van der Waals surface area contributed by atoms with Crippen molar-refractivity contribution < 1.29 is 4.52 Å². The Kier molecular flexibility index (Phi) is 2.74. The maximum Gasteiger partial charge on any atom is 0.227 e. The van der Waals surface area contributed by atoms with E-state index >= 15 is 0 Å². The number of aromatic nitrogens is 2. The van der Waals surface area contributed by atoms with Crippen molar-refractivity contribution in [3.05, 3.63) is 24.4 Å². The predicted molar refractivity (Wildman–Crippen MR) is 59.7 cm³/mol. The zero-order valence-corrected chi connectivity index (χ0v) is 9.30. The molecule has 0 aliphatic heterocycles. The Bertz CT molecular complexity index is 360. The van der Waals surface area contributed by atoms with Crippen LogP contribution in [0.15, 0.2) is 23.0 Å². The fraction of sp³-hybridized carbons (Fsp3) is 0.667. The van der Waals surface area contributed by atoms with Crippen LogP contribution in [0.3, 0.4) is 0 Å². The summed E-state index contributed by atoms with van der Waals surface area (Å²) >= 11 is 0. The van der Waals surface area contributed by atoms with Gasteiger partial charge in [-0.3, -0.25) is 0 Å². The maximum atomic E-state index is 4.94. The van der Waals surface area contributed by atoms with Gasteiger partial charge in [0, 0.05) is 13.0 Å². The highest BCUT2D eigenvalue weighted by molar-refractivity contribution is 5.10. The first kappa shape index (κ1) is 10.0. The Balaban J connectivity index is 1.37. The summed E-state index contributed by atoms with van der Waals surface area (Å²) in [5, 5.41) is 7.08. The van der Waals surface area contributed by atoms with E-state index in [9.17, 15) is 0 Å². The van der Waals surface area contributed by atoms with Crippen molar-refractivity contribution in [3.63, 3.8) is 0 Å². The molecule has 2 aliphatic carbocycles. The molecule has 1 heterocycles. The van der Waals surface area contributed by atoms with Gasteiger partial charge in [0.15, 0.2) is 6.33 Å². The van der Waals surface area contributed by atoms with Crippen LogP contribution in [-0.4, -0.2) is 23.2 Å². The molecule has 3 unspecified atom stereocenters. The van der Waals surface area contributed by atoms with Crippen molar-refractivity contribution >= 4 is 0 Å². The summed E-state index contributed by atoms with van der Waals surface area (Å²) in [4.78, 5) is 3.99. The van der Waals surface area contributed by atoms with Gasteiger partial charge in [0.05, 0.1) is 0 Å². The summed E-state index contributed by atoms with van der Waals surface area (Å²) in [6.07, 6.45) is 9.83. The number of hydrogen-bond acceptors (Lipinski definition) is 4. The molecule has 1 aromatic rings. The third-order valence-electron chi connectivity index (χ3n) is 3.75. The summed E-state index contributed by atoms with van der Waals surface area (Å²) in [5.74, 6) is 3.27. The van der Waals surface area contributed by atoms with Gasteiger partial charge in [0.25, 0.3) is 0 Å². The molecule has 1 N–H and O–H groups in total. The van der Waals surface area contributed by atoms with E-state index in [4.69, 9.17) is 4.52 Å². The van der Waals surface area contributed by atoms with Crippen LogP contribution in [-0.2, 0) is 6.42 Å². The van der Waals surface area contributed by atoms with Gasteiger partial charge in [-0.05, 0) is 37.1 Å². The molecular formula is C12H17N3O. The fourth-order valence-electron chi connectivity index (χ4n) is 2.92. The molecule has 2 bridgehead atoms. The van der Waals surface area contributed by atoms with Crippen LogP contribution in [0.4, 0.5) is 0 Å². The van der Waals surface area contributed by atoms with E-state index in [0.29, 0.717) is 0 Å². The van der Waals surface area contributed by atoms with E-state index in [1.54, 1.807) is 0 Å². The number of hydrogen-bond donors (Lipinski definition) is 1. The lowest BCUT2D eigenvalue weighted by molar-refractivity contribution is 0.367. The van der Waals surface area contributed by atoms with E-state index in [-0.39, 0.29) is 0 Å². The van der Waals surface area contributed by atoms with Crippen molar-refractivity contribution in [3.8, 4) is 0 Å². The highest BCUT2D eigenvalue weighted by atomic mass is 16.5. The second kappa shape index (κ2) is 4.37. The van der Waals surface area contributed by atoms with E-state index < -0.39 is 0 Å². The first-order valence-electron chi connectivity index (χ1n) is 6.06. The molecule has 3 rings (SSSR count). The van der Waals surface area contributed by atoms with Crippen molar-refractivity contribution in [2.75, 3.05) is 13.1 Å². The number of allylic oxidation sites excluding steroid dienone is 2. The van der Waals surface area contributed by atoms with Crippen molar-refractivity contribution in [1.29, 1.82) is 0 Å². The molecule has 86 valence electrons. The summed E-state index contributed by atoms with van der Waals surface area (Å²) in [6.45, 7) is 2.05. The Morgan fingerprint density at radius 1 is 1.38 bits per heavy atom. The van der Waals surface area contributed by atoms with E-state index in [1.165, 1.54) is 19.2 Å². The molecular weight excluding hydrogens is 202 g/mol. The summed E-state index contributed by atoms with van der Waals surface area (Å²) in [6, 6.07) is 0. The Morgan fingerprint density at radius 3 is 3.06 bits per heavy atom. The molecule has 3 atom stereocenters. The lowest BCUT2D eigenvalue weighted by Crippen LogP contribution is -2.27. The van der Waals surface area contributed by atoms with E-state index in [1.807, 2.05) is 0 Å². The molecule has 4 nitrogen and oxygen atoms in total. The zero-order valence-electron chi connectivity index (χ0n) is 9.30. The summed E-state index contributed by atoms with van der Waals surface area (Å²) in [7, 11) is 0. The van der Waals surface area contributed by atoms with Gasteiger partial charge in [-0.1, -0.05) is 17.3 Å². The molecule has 0 amide bonds. The van der Waals surface area contributed by atoms with Gasteiger partial charge in [0.2, 0.25) is 5.89 Å². The Morgan fingerprint density at radius 2 is 2.38 bits per heavy atom. The molecule has 1 aromatic heterocycles. The minimum atomic E-state index is 0.723. The van der Waals surface area contributed by atoms with Crippen LogP contribution in [0.1, 0.15) is 18.7 Å². The smallest absolute Gasteiger partial charge is 0.227 e. The van der Waals surface area contributed by atoms with Crippen molar-refractivity contribution in [2.45, 2.75) is 19.3 Å². The molecule has 1 fully saturated rings. The van der Waals surface area contributed by atoms with E-state index in [2.05, 4.69) is 27.6 Å². The third kappa shape index (κ3) is 2.02. The first-order chi connectivity index (χ1) is 7.92. The quantitative estimate of drug-likeness (QED) is 0.601. The molecule has 4 heteroatoms. The standard InChI is InChI=1S/C12H17N3O/c1-2-10-5-9(1)6-11(10)7-13-4-3-12-14-8-15-16-12/h1-2,8-11,13H,3-7H2. The number of nitrogens with one attached hydrogen (secondary N) is 1. The lowest BCUT2D eigenvalue weighted by Gasteiger charge is -2.18. The first-order valence-corrected chi connectivity index (χ1v) is 6.06. The highest BCUT2D eigenvalue weighted by Crippen LogP contribution is 2.42. The van der Waals surface area contributed by atoms with Gasteiger partial charge in [-0.2, -0.15) is 4.98 Å². The largest absolute Gasteiger partial charge is 0.340 e. The topological polar surface area (TPSA) is 51.0 Å². The third-order valence-corrected chi connectivity index (χ3v) is 3.75. The highest BCUT2D eigenvalue weighted by Gasteiger charge is 2.34. The van der Waals surface area contributed by atoms with Crippen LogP contribution in [0, 0.1) is 17.8 Å². The molecule has 0 radical (unpaired) electrons. The van der Waals surface area contributed by atoms with Gasteiger partial charge in [-0.25, -0.2) is 0 Å². The van der Waals surface area contributed by atoms with Crippen LogP contribution >= 0.6 is 0 Å². The molecule has 0 spiro atoms. The van der Waals surface area contributed by atoms with Crippen molar-refractivity contribution in [2.24, 2.45) is 17.8 Å². The maximum absolute atomic E-state index is 4.94. The normalized spacial score (nSPS) is 31.4. The molecule has 2 aliphatic rings. The molecule has 0 aromatic carbocycles. The number of nitrogens with zero attached hydrogens (tertiary/aromatic N) is 2. The average Bonchev–Trinajstić information content (AvgIpc) is 3.01. The monoisotopic (exact) mass is 219 g/mol. The SMILES string of the molecule is C1=CC2CC1CC2CNCCc1ncno1. The van der Waals surface area contributed by atoms with Gasteiger partial charge in [-0.15, -0.1) is 0 Å². The number of rotatable bonds is 5. The minimum absolute atomic E-state index is 0.723. The summed E-state index contributed by atoms with van der Waals surface area (Å²) in [5.41, 5.74) is 0. The van der Waals surface area contributed by atoms with E-state index in [0.717, 1.165) is 43.2 Å². The zero-order chi connectivity index (χ0) is 10.8. The lowest BCUT2D eigenvalue weighted by atomic mass is 9.94. The minimum Gasteiger partial charge on any atom is -0.340 e. The van der Waals surface area contributed by atoms with Gasteiger partial charge < -0.3 is 9.84 Å². The summed E-state index contributed by atoms with van der Waals surface area (Å²) < 4.78 is 4.94. The van der Waals surface area contributed by atoms with Crippen molar-refractivity contribution in [1.82, 2.24) is 15.5 Å². The van der Waals surface area contributed by atoms with Gasteiger partial charge >= 0.3 is 0 Å². The second-order valence-corrected chi connectivity index (χ2v) is 4.83. The van der Waals surface area contributed by atoms with Crippen LogP contribution < -0.4 is 5.32 Å². The van der Waals surface area contributed by atoms with Crippen LogP contribution in [0.5, 0.6) is 0 Å². The van der Waals surface area contributed by atoms with Crippen LogP contribution in [0.2, 0.25) is 0 Å².